The van der Waals surface area contributed by atoms with Gasteiger partial charge in [0.1, 0.15) is 6.04 Å². The van der Waals surface area contributed by atoms with Crippen molar-refractivity contribution in [2.75, 3.05) is 26.2 Å². The number of amides is 3. The van der Waals surface area contributed by atoms with Crippen LogP contribution in [0.1, 0.15) is 33.6 Å². The number of rotatable bonds is 4. The summed E-state index contributed by atoms with van der Waals surface area (Å²) in [4.78, 5) is 38.0. The molecule has 7 heteroatoms. The van der Waals surface area contributed by atoms with Gasteiger partial charge in [0.25, 0.3) is 0 Å². The van der Waals surface area contributed by atoms with E-state index >= 15 is 0 Å². The summed E-state index contributed by atoms with van der Waals surface area (Å²) in [5, 5.41) is 11.7. The van der Waals surface area contributed by atoms with Crippen molar-refractivity contribution in [2.24, 2.45) is 5.92 Å². The van der Waals surface area contributed by atoms with Crippen LogP contribution in [0.5, 0.6) is 0 Å². The van der Waals surface area contributed by atoms with Gasteiger partial charge in [-0.25, -0.2) is 9.59 Å². The average molecular weight is 299 g/mol. The maximum absolute atomic E-state index is 12.2. The Labute approximate surface area is 125 Å². The maximum Gasteiger partial charge on any atom is 0.326 e. The molecule has 0 saturated carbocycles. The Bertz CT molecular complexity index is 398. The van der Waals surface area contributed by atoms with Gasteiger partial charge in [-0.2, -0.15) is 0 Å². The van der Waals surface area contributed by atoms with E-state index in [9.17, 15) is 14.4 Å². The van der Waals surface area contributed by atoms with Crippen LogP contribution >= 0.6 is 0 Å². The van der Waals surface area contributed by atoms with Crippen LogP contribution in [0.4, 0.5) is 4.79 Å². The van der Waals surface area contributed by atoms with Crippen LogP contribution in [0, 0.1) is 5.92 Å². The predicted octanol–water partition coefficient (Wildman–Crippen LogP) is 0.750. The summed E-state index contributed by atoms with van der Waals surface area (Å²) < 4.78 is 0. The van der Waals surface area contributed by atoms with Gasteiger partial charge in [-0.1, -0.05) is 13.8 Å². The lowest BCUT2D eigenvalue weighted by molar-refractivity contribution is -0.139. The summed E-state index contributed by atoms with van der Waals surface area (Å²) in [6.07, 6.45) is 1.10. The molecule has 0 aliphatic carbocycles. The predicted molar refractivity (Wildman–Crippen MR) is 77.9 cm³/mol. The third-order valence-corrected chi connectivity index (χ3v) is 3.53. The zero-order valence-electron chi connectivity index (χ0n) is 13.0. The van der Waals surface area contributed by atoms with Gasteiger partial charge < -0.3 is 20.2 Å². The zero-order valence-corrected chi connectivity index (χ0v) is 13.0. The molecule has 0 aromatic carbocycles. The quantitative estimate of drug-likeness (QED) is 0.801. The fraction of sp³-hybridized carbons (Fsp3) is 0.786. The van der Waals surface area contributed by atoms with Gasteiger partial charge in [-0.05, 0) is 18.8 Å². The Morgan fingerprint density at radius 2 is 1.67 bits per heavy atom. The van der Waals surface area contributed by atoms with Gasteiger partial charge >= 0.3 is 12.0 Å². The molecule has 3 amide bonds. The molecule has 1 heterocycles. The minimum atomic E-state index is -1.02. The van der Waals surface area contributed by atoms with Gasteiger partial charge in [-0.3, -0.25) is 4.79 Å². The van der Waals surface area contributed by atoms with Gasteiger partial charge in [-0.15, -0.1) is 0 Å². The number of carbonyl (C=O) groups excluding carboxylic acids is 2. The molecule has 1 saturated heterocycles. The molecule has 1 aliphatic heterocycles. The number of nitrogens with zero attached hydrogens (tertiary/aromatic N) is 2. The summed E-state index contributed by atoms with van der Waals surface area (Å²) in [5.74, 6) is -0.832. The van der Waals surface area contributed by atoms with Crippen molar-refractivity contribution in [3.63, 3.8) is 0 Å². The smallest absolute Gasteiger partial charge is 0.326 e. The molecular formula is C14H25N3O4. The average Bonchev–Trinajstić information content (AvgIpc) is 2.62. The minimum Gasteiger partial charge on any atom is -0.480 e. The van der Waals surface area contributed by atoms with Crippen molar-refractivity contribution in [1.29, 1.82) is 0 Å². The first kappa shape index (κ1) is 17.3. The molecule has 1 atom stereocenters. The summed E-state index contributed by atoms with van der Waals surface area (Å²) >= 11 is 0. The molecule has 0 aromatic rings. The minimum absolute atomic E-state index is 0.000443. The number of nitrogens with one attached hydrogen (secondary N) is 1. The molecule has 21 heavy (non-hydrogen) atoms. The van der Waals surface area contributed by atoms with Crippen molar-refractivity contribution in [3.05, 3.63) is 0 Å². The van der Waals surface area contributed by atoms with Crippen molar-refractivity contribution < 1.29 is 19.5 Å². The highest BCUT2D eigenvalue weighted by molar-refractivity contribution is 5.82. The number of urea groups is 1. The molecule has 0 aromatic heterocycles. The molecule has 0 spiro atoms. The monoisotopic (exact) mass is 299 g/mol. The Balaban J connectivity index is 2.57. The topological polar surface area (TPSA) is 90.0 Å². The third-order valence-electron chi connectivity index (χ3n) is 3.53. The molecule has 0 radical (unpaired) electrons. The van der Waals surface area contributed by atoms with E-state index in [4.69, 9.17) is 5.11 Å². The van der Waals surface area contributed by atoms with E-state index in [2.05, 4.69) is 5.32 Å². The molecule has 0 unspecified atom stereocenters. The molecule has 0 bridgehead atoms. The van der Waals surface area contributed by atoms with Crippen molar-refractivity contribution in [3.8, 4) is 0 Å². The first-order valence-electron chi connectivity index (χ1n) is 7.35. The van der Waals surface area contributed by atoms with Gasteiger partial charge in [0.05, 0.1) is 0 Å². The molecule has 7 nitrogen and oxygen atoms in total. The number of carboxylic acid groups (broad SMARTS) is 1. The SMILES string of the molecule is CC(=O)N1CCCN(C(=O)N[C@H](CC(C)C)C(=O)O)CC1. The van der Waals surface area contributed by atoms with Crippen LogP contribution in [0.3, 0.4) is 0 Å². The molecule has 1 fully saturated rings. The standard InChI is InChI=1S/C14H25N3O4/c1-10(2)9-12(13(19)20)15-14(21)17-6-4-5-16(7-8-17)11(3)18/h10,12H,4-9H2,1-3H3,(H,15,21)(H,19,20)/t12-/m1/s1. The van der Waals surface area contributed by atoms with Crippen LogP contribution in [0.25, 0.3) is 0 Å². The van der Waals surface area contributed by atoms with Gasteiger partial charge in [0, 0.05) is 33.1 Å². The number of carbonyl (C=O) groups is 3. The van der Waals surface area contributed by atoms with Crippen LogP contribution in [-0.2, 0) is 9.59 Å². The molecular weight excluding hydrogens is 274 g/mol. The number of carboxylic acids is 1. The van der Waals surface area contributed by atoms with Crippen molar-refractivity contribution in [2.45, 2.75) is 39.7 Å². The van der Waals surface area contributed by atoms with Gasteiger partial charge in [0.2, 0.25) is 5.91 Å². The lowest BCUT2D eigenvalue weighted by Crippen LogP contribution is -2.49. The summed E-state index contributed by atoms with van der Waals surface area (Å²) in [6.45, 7) is 7.43. The molecule has 1 rings (SSSR count). The highest BCUT2D eigenvalue weighted by Crippen LogP contribution is 2.08. The summed E-state index contributed by atoms with van der Waals surface area (Å²) in [7, 11) is 0. The largest absolute Gasteiger partial charge is 0.480 e. The number of aliphatic carboxylic acids is 1. The summed E-state index contributed by atoms with van der Waals surface area (Å²) in [5.41, 5.74) is 0. The van der Waals surface area contributed by atoms with E-state index in [1.165, 1.54) is 6.92 Å². The first-order chi connectivity index (χ1) is 9.81. The number of hydrogen-bond donors (Lipinski definition) is 2. The summed E-state index contributed by atoms with van der Waals surface area (Å²) in [6, 6.07) is -1.24. The van der Waals surface area contributed by atoms with Gasteiger partial charge in [0.15, 0.2) is 0 Å². The lowest BCUT2D eigenvalue weighted by atomic mass is 10.0. The van der Waals surface area contributed by atoms with Crippen LogP contribution < -0.4 is 5.32 Å². The van der Waals surface area contributed by atoms with E-state index in [1.54, 1.807) is 9.80 Å². The van der Waals surface area contributed by atoms with Crippen LogP contribution in [0.15, 0.2) is 0 Å². The van der Waals surface area contributed by atoms with E-state index in [0.717, 1.165) is 0 Å². The fourth-order valence-corrected chi connectivity index (χ4v) is 2.37. The Kier molecular flexibility index (Phi) is 6.45. The Morgan fingerprint density at radius 3 is 2.19 bits per heavy atom. The molecule has 2 N–H and O–H groups in total. The van der Waals surface area contributed by atoms with Crippen molar-refractivity contribution >= 4 is 17.9 Å². The lowest BCUT2D eigenvalue weighted by Gasteiger charge is -2.24. The van der Waals surface area contributed by atoms with E-state index in [1.807, 2.05) is 13.8 Å². The molecule has 1 aliphatic rings. The highest BCUT2D eigenvalue weighted by Gasteiger charge is 2.25. The second kappa shape index (κ2) is 7.85. The first-order valence-corrected chi connectivity index (χ1v) is 7.35. The van der Waals surface area contributed by atoms with Crippen LogP contribution in [-0.4, -0.2) is 65.0 Å². The zero-order chi connectivity index (χ0) is 16.0. The Hall–Kier alpha value is -1.79. The second-order valence-electron chi connectivity index (χ2n) is 5.82. The normalized spacial score (nSPS) is 17.3. The fourth-order valence-electron chi connectivity index (χ4n) is 2.37. The second-order valence-corrected chi connectivity index (χ2v) is 5.82. The third kappa shape index (κ3) is 5.61. The molecule has 120 valence electrons. The Morgan fingerprint density at radius 1 is 1.10 bits per heavy atom. The number of hydrogen-bond acceptors (Lipinski definition) is 3. The van der Waals surface area contributed by atoms with Crippen LogP contribution in [0.2, 0.25) is 0 Å². The van der Waals surface area contributed by atoms with E-state index in [-0.39, 0.29) is 17.9 Å². The van der Waals surface area contributed by atoms with Crippen molar-refractivity contribution in [1.82, 2.24) is 15.1 Å². The maximum atomic E-state index is 12.2. The van der Waals surface area contributed by atoms with E-state index < -0.39 is 12.0 Å². The highest BCUT2D eigenvalue weighted by atomic mass is 16.4. The van der Waals surface area contributed by atoms with E-state index in [0.29, 0.717) is 39.0 Å².